The Morgan fingerprint density at radius 2 is 2.03 bits per heavy atom. The number of carbonyl (C=O) groups is 1. The van der Waals surface area contributed by atoms with Crippen molar-refractivity contribution in [2.75, 3.05) is 58.3 Å². The van der Waals surface area contributed by atoms with Crippen molar-refractivity contribution in [1.82, 2.24) is 15.1 Å². The van der Waals surface area contributed by atoms with Crippen molar-refractivity contribution in [3.8, 4) is 0 Å². The lowest BCUT2D eigenvalue weighted by molar-refractivity contribution is -0.116. The largest absolute Gasteiger partial charge is 0.379 e. The number of unbranched alkanes of at least 4 members (excludes halogenated alkanes) is 1. The van der Waals surface area contributed by atoms with Gasteiger partial charge in [0.25, 0.3) is 0 Å². The van der Waals surface area contributed by atoms with Gasteiger partial charge in [0.15, 0.2) is 5.96 Å². The van der Waals surface area contributed by atoms with Gasteiger partial charge in [0.1, 0.15) is 0 Å². The standard InChI is InChI=1S/C22H37N5O2.HI/c1-4-6-11-26(3)22(23-5-2)24-18-19-8-7-9-20(17-19)25-21(28)10-12-27-13-15-29-16-14-27;/h7-9,17H,4-6,10-16,18H2,1-3H3,(H,23,24)(H,25,28);1H. The number of guanidine groups is 1. The highest BCUT2D eigenvalue weighted by atomic mass is 127. The minimum Gasteiger partial charge on any atom is -0.379 e. The number of rotatable bonds is 10. The van der Waals surface area contributed by atoms with Gasteiger partial charge >= 0.3 is 0 Å². The number of anilines is 1. The first kappa shape index (κ1) is 26.6. The molecular formula is C22H38IN5O2. The molecule has 0 aromatic heterocycles. The molecule has 0 spiro atoms. The molecule has 1 saturated heterocycles. The maximum Gasteiger partial charge on any atom is 0.225 e. The molecule has 170 valence electrons. The molecule has 0 saturated carbocycles. The number of hydrogen-bond donors (Lipinski definition) is 2. The van der Waals surface area contributed by atoms with Crippen LogP contribution in [0.4, 0.5) is 5.69 Å². The number of morpholine rings is 1. The van der Waals surface area contributed by atoms with E-state index < -0.39 is 0 Å². The average molecular weight is 531 g/mol. The maximum absolute atomic E-state index is 12.3. The third-order valence-electron chi connectivity index (χ3n) is 4.92. The van der Waals surface area contributed by atoms with E-state index in [0.29, 0.717) is 13.0 Å². The molecule has 2 N–H and O–H groups in total. The van der Waals surface area contributed by atoms with Crippen LogP contribution in [-0.2, 0) is 16.1 Å². The van der Waals surface area contributed by atoms with Crippen LogP contribution in [0.1, 0.15) is 38.7 Å². The molecule has 1 fully saturated rings. The van der Waals surface area contributed by atoms with E-state index in [9.17, 15) is 4.79 Å². The molecule has 1 aliphatic rings. The Morgan fingerprint density at radius 3 is 2.73 bits per heavy atom. The highest BCUT2D eigenvalue weighted by molar-refractivity contribution is 14.0. The quantitative estimate of drug-likeness (QED) is 0.276. The Morgan fingerprint density at radius 1 is 1.27 bits per heavy atom. The van der Waals surface area contributed by atoms with Crippen molar-refractivity contribution >= 4 is 41.5 Å². The molecule has 30 heavy (non-hydrogen) atoms. The van der Waals surface area contributed by atoms with E-state index in [2.05, 4.69) is 41.3 Å². The van der Waals surface area contributed by atoms with Gasteiger partial charge in [-0.25, -0.2) is 4.99 Å². The van der Waals surface area contributed by atoms with Crippen LogP contribution in [0.5, 0.6) is 0 Å². The average Bonchev–Trinajstić information content (AvgIpc) is 2.74. The van der Waals surface area contributed by atoms with Crippen molar-refractivity contribution in [3.05, 3.63) is 29.8 Å². The summed E-state index contributed by atoms with van der Waals surface area (Å²) in [6.07, 6.45) is 2.80. The minimum atomic E-state index is 0. The second kappa shape index (κ2) is 15.4. The molecule has 1 aliphatic heterocycles. The summed E-state index contributed by atoms with van der Waals surface area (Å²) in [5, 5.41) is 6.36. The number of aliphatic imine (C=N–C) groups is 1. The zero-order valence-electron chi connectivity index (χ0n) is 18.7. The second-order valence-corrected chi connectivity index (χ2v) is 7.40. The predicted molar refractivity (Wildman–Crippen MR) is 135 cm³/mol. The first-order chi connectivity index (χ1) is 14.1. The van der Waals surface area contributed by atoms with Crippen LogP contribution >= 0.6 is 24.0 Å². The zero-order valence-corrected chi connectivity index (χ0v) is 21.0. The molecule has 0 bridgehead atoms. The molecular weight excluding hydrogens is 493 g/mol. The Balaban J connectivity index is 0.00000450. The van der Waals surface area contributed by atoms with Crippen LogP contribution in [-0.4, -0.2) is 74.7 Å². The third kappa shape index (κ3) is 10.1. The van der Waals surface area contributed by atoms with Crippen LogP contribution in [0.25, 0.3) is 0 Å². The van der Waals surface area contributed by atoms with Gasteiger partial charge in [-0.05, 0) is 31.0 Å². The summed E-state index contributed by atoms with van der Waals surface area (Å²) in [7, 11) is 2.07. The molecule has 0 aliphatic carbocycles. The highest BCUT2D eigenvalue weighted by Crippen LogP contribution is 2.12. The van der Waals surface area contributed by atoms with Crippen molar-refractivity contribution in [3.63, 3.8) is 0 Å². The number of nitrogens with one attached hydrogen (secondary N) is 2. The Hall–Kier alpha value is -1.39. The fourth-order valence-corrected chi connectivity index (χ4v) is 3.19. The summed E-state index contributed by atoms with van der Waals surface area (Å²) in [5.41, 5.74) is 1.91. The molecule has 0 unspecified atom stereocenters. The molecule has 7 nitrogen and oxygen atoms in total. The molecule has 0 atom stereocenters. The third-order valence-corrected chi connectivity index (χ3v) is 4.92. The number of amides is 1. The molecule has 1 amide bonds. The fraction of sp³-hybridized carbons (Fsp3) is 0.636. The van der Waals surface area contributed by atoms with Crippen LogP contribution in [0.3, 0.4) is 0 Å². The number of ether oxygens (including phenoxy) is 1. The predicted octanol–water partition coefficient (Wildman–Crippen LogP) is 3.16. The first-order valence-corrected chi connectivity index (χ1v) is 10.8. The summed E-state index contributed by atoms with van der Waals surface area (Å²) in [6, 6.07) is 7.95. The number of hydrogen-bond acceptors (Lipinski definition) is 4. The van der Waals surface area contributed by atoms with Gasteiger partial charge in [0, 0.05) is 51.9 Å². The first-order valence-electron chi connectivity index (χ1n) is 10.8. The van der Waals surface area contributed by atoms with E-state index in [1.807, 2.05) is 24.3 Å². The Labute approximate surface area is 198 Å². The second-order valence-electron chi connectivity index (χ2n) is 7.40. The van der Waals surface area contributed by atoms with E-state index in [4.69, 9.17) is 9.73 Å². The van der Waals surface area contributed by atoms with E-state index in [1.165, 1.54) is 0 Å². The van der Waals surface area contributed by atoms with E-state index in [1.54, 1.807) is 0 Å². The van der Waals surface area contributed by atoms with Crippen molar-refractivity contribution in [2.24, 2.45) is 4.99 Å². The van der Waals surface area contributed by atoms with Gasteiger partial charge < -0.3 is 20.3 Å². The Bertz CT molecular complexity index is 650. The summed E-state index contributed by atoms with van der Waals surface area (Å²) >= 11 is 0. The summed E-state index contributed by atoms with van der Waals surface area (Å²) in [4.78, 5) is 21.5. The van der Waals surface area contributed by atoms with Crippen molar-refractivity contribution in [2.45, 2.75) is 39.7 Å². The molecule has 1 heterocycles. The maximum atomic E-state index is 12.3. The zero-order chi connectivity index (χ0) is 20.9. The van der Waals surface area contributed by atoms with Gasteiger partial charge in [0.2, 0.25) is 5.91 Å². The normalized spacial score (nSPS) is 14.7. The lowest BCUT2D eigenvalue weighted by Gasteiger charge is -2.26. The van der Waals surface area contributed by atoms with E-state index in [-0.39, 0.29) is 29.9 Å². The molecule has 1 aromatic carbocycles. The van der Waals surface area contributed by atoms with Gasteiger partial charge in [-0.2, -0.15) is 0 Å². The molecule has 8 heteroatoms. The smallest absolute Gasteiger partial charge is 0.225 e. The lowest BCUT2D eigenvalue weighted by atomic mass is 10.2. The summed E-state index contributed by atoms with van der Waals surface area (Å²) in [5.74, 6) is 0.964. The Kier molecular flexibility index (Phi) is 13.7. The summed E-state index contributed by atoms with van der Waals surface area (Å²) < 4.78 is 5.34. The number of benzene rings is 1. The monoisotopic (exact) mass is 531 g/mol. The van der Waals surface area contributed by atoms with Gasteiger partial charge in [-0.1, -0.05) is 25.5 Å². The molecule has 2 rings (SSSR count). The van der Waals surface area contributed by atoms with Crippen molar-refractivity contribution < 1.29 is 9.53 Å². The van der Waals surface area contributed by atoms with Gasteiger partial charge in [0.05, 0.1) is 19.8 Å². The van der Waals surface area contributed by atoms with E-state index in [0.717, 1.165) is 76.0 Å². The number of nitrogens with zero attached hydrogens (tertiary/aromatic N) is 3. The van der Waals surface area contributed by atoms with Crippen LogP contribution in [0, 0.1) is 0 Å². The van der Waals surface area contributed by atoms with E-state index >= 15 is 0 Å². The topological polar surface area (TPSA) is 69.2 Å². The minimum absolute atomic E-state index is 0. The fourth-order valence-electron chi connectivity index (χ4n) is 3.19. The molecule has 0 radical (unpaired) electrons. The number of carbonyl (C=O) groups excluding carboxylic acids is 1. The van der Waals surface area contributed by atoms with Crippen molar-refractivity contribution in [1.29, 1.82) is 0 Å². The number of halogens is 1. The lowest BCUT2D eigenvalue weighted by Crippen LogP contribution is -2.39. The molecule has 1 aromatic rings. The summed E-state index contributed by atoms with van der Waals surface area (Å²) in [6.45, 7) is 10.8. The van der Waals surface area contributed by atoms with Crippen LogP contribution in [0.2, 0.25) is 0 Å². The van der Waals surface area contributed by atoms with Gasteiger partial charge in [-0.15, -0.1) is 24.0 Å². The SMILES string of the molecule is CCCCN(C)C(=NCc1cccc(NC(=O)CCN2CCOCC2)c1)NCC.I. The highest BCUT2D eigenvalue weighted by Gasteiger charge is 2.12. The van der Waals surface area contributed by atoms with Gasteiger partial charge in [-0.3, -0.25) is 9.69 Å². The van der Waals surface area contributed by atoms with Crippen LogP contribution in [0.15, 0.2) is 29.3 Å². The van der Waals surface area contributed by atoms with Crippen LogP contribution < -0.4 is 10.6 Å².